The fourth-order valence-corrected chi connectivity index (χ4v) is 4.00. The summed E-state index contributed by atoms with van der Waals surface area (Å²) in [5.41, 5.74) is 12.3. The van der Waals surface area contributed by atoms with Crippen molar-refractivity contribution in [3.05, 3.63) is 59.6 Å². The number of hydrogen-bond acceptors (Lipinski definition) is 7. The maximum atomic E-state index is 12.3. The van der Waals surface area contributed by atoms with Gasteiger partial charge in [0.05, 0.1) is 17.1 Å². The third-order valence-corrected chi connectivity index (χ3v) is 6.44. The summed E-state index contributed by atoms with van der Waals surface area (Å²) in [5, 5.41) is 7.40. The molecule has 0 aliphatic heterocycles. The molecule has 0 saturated heterocycles. The van der Waals surface area contributed by atoms with Gasteiger partial charge in [-0.3, -0.25) is 4.79 Å². The molecule has 0 atom stereocenters. The van der Waals surface area contributed by atoms with Crippen molar-refractivity contribution in [3.8, 4) is 0 Å². The fraction of sp³-hybridized carbons (Fsp3) is 0.414. The molecule has 204 valence electrons. The van der Waals surface area contributed by atoms with Crippen LogP contribution in [0.5, 0.6) is 0 Å². The van der Waals surface area contributed by atoms with E-state index in [0.29, 0.717) is 12.4 Å². The number of nitrogens with zero attached hydrogens (tertiary/aromatic N) is 4. The second-order valence-corrected chi connectivity index (χ2v) is 9.72. The summed E-state index contributed by atoms with van der Waals surface area (Å²) < 4.78 is 0. The summed E-state index contributed by atoms with van der Waals surface area (Å²) in [6, 6.07) is 7.95. The average Bonchev–Trinajstić information content (AvgIpc) is 3.38. The molecule has 9 heteroatoms. The van der Waals surface area contributed by atoms with Crippen molar-refractivity contribution >= 4 is 40.0 Å². The Kier molecular flexibility index (Phi) is 10.3. The highest BCUT2D eigenvalue weighted by Crippen LogP contribution is 2.30. The molecule has 0 radical (unpaired) electrons. The SMILES string of the molecule is CCC(=O)Nc1cc(Nc2nc(CC/C=C\C(C)=C(\N)CC)c3cc[nH]c3n2)ccc1N(C)CCN(C)C. The minimum absolute atomic E-state index is 0.0328. The Labute approximate surface area is 226 Å². The second-order valence-electron chi connectivity index (χ2n) is 9.72. The number of benzene rings is 1. The fourth-order valence-electron chi connectivity index (χ4n) is 4.00. The van der Waals surface area contributed by atoms with Crippen molar-refractivity contribution < 1.29 is 4.79 Å². The van der Waals surface area contributed by atoms with Gasteiger partial charge < -0.3 is 31.2 Å². The molecule has 1 amide bonds. The van der Waals surface area contributed by atoms with E-state index in [1.165, 1.54) is 0 Å². The Morgan fingerprint density at radius 1 is 1.11 bits per heavy atom. The molecule has 0 aliphatic carbocycles. The van der Waals surface area contributed by atoms with Crippen molar-refractivity contribution in [2.45, 2.75) is 46.5 Å². The van der Waals surface area contributed by atoms with E-state index in [4.69, 9.17) is 10.7 Å². The minimum Gasteiger partial charge on any atom is -0.402 e. The van der Waals surface area contributed by atoms with Crippen LogP contribution in [-0.2, 0) is 11.2 Å². The van der Waals surface area contributed by atoms with E-state index in [1.807, 2.05) is 65.5 Å². The number of amides is 1. The van der Waals surface area contributed by atoms with E-state index in [-0.39, 0.29) is 5.91 Å². The molecule has 38 heavy (non-hydrogen) atoms. The number of aromatic amines is 1. The highest BCUT2D eigenvalue weighted by atomic mass is 16.1. The van der Waals surface area contributed by atoms with Gasteiger partial charge in [0.2, 0.25) is 11.9 Å². The molecule has 5 N–H and O–H groups in total. The lowest BCUT2D eigenvalue weighted by Crippen LogP contribution is -2.29. The summed E-state index contributed by atoms with van der Waals surface area (Å²) >= 11 is 0. The highest BCUT2D eigenvalue weighted by molar-refractivity contribution is 5.95. The summed E-state index contributed by atoms with van der Waals surface area (Å²) in [7, 11) is 6.13. The van der Waals surface area contributed by atoms with Crippen LogP contribution in [0.15, 0.2) is 53.9 Å². The van der Waals surface area contributed by atoms with E-state index in [1.54, 1.807) is 0 Å². The first-order valence-corrected chi connectivity index (χ1v) is 13.2. The van der Waals surface area contributed by atoms with Gasteiger partial charge in [0.25, 0.3) is 0 Å². The molecule has 0 aliphatic rings. The topological polar surface area (TPSA) is 115 Å². The normalized spacial score (nSPS) is 12.3. The van der Waals surface area contributed by atoms with Crippen molar-refractivity contribution in [1.82, 2.24) is 19.9 Å². The van der Waals surface area contributed by atoms with Crippen molar-refractivity contribution in [2.24, 2.45) is 5.73 Å². The first kappa shape index (κ1) is 28.7. The number of fused-ring (bicyclic) bond motifs is 1. The predicted octanol–water partition coefficient (Wildman–Crippen LogP) is 5.18. The molecule has 1 aromatic carbocycles. The van der Waals surface area contributed by atoms with Gasteiger partial charge in [0.1, 0.15) is 5.65 Å². The molecule has 3 rings (SSSR count). The molecular weight excluding hydrogens is 476 g/mol. The molecule has 0 bridgehead atoms. The minimum atomic E-state index is -0.0328. The van der Waals surface area contributed by atoms with Gasteiger partial charge in [-0.1, -0.05) is 26.0 Å². The van der Waals surface area contributed by atoms with Crippen LogP contribution < -0.4 is 21.3 Å². The molecule has 0 unspecified atom stereocenters. The van der Waals surface area contributed by atoms with Gasteiger partial charge in [-0.05, 0) is 70.1 Å². The van der Waals surface area contributed by atoms with Crippen LogP contribution in [0.4, 0.5) is 23.0 Å². The molecule has 0 spiro atoms. The van der Waals surface area contributed by atoms with E-state index in [9.17, 15) is 4.79 Å². The maximum absolute atomic E-state index is 12.3. The number of aryl methyl sites for hydroxylation is 1. The molecule has 0 fully saturated rings. The quantitative estimate of drug-likeness (QED) is 0.231. The zero-order chi connectivity index (χ0) is 27.7. The Balaban J connectivity index is 1.84. The molecular formula is C29H42N8O. The number of carbonyl (C=O) groups excluding carboxylic acids is 1. The second kappa shape index (κ2) is 13.6. The molecule has 9 nitrogen and oxygen atoms in total. The van der Waals surface area contributed by atoms with Crippen molar-refractivity contribution in [2.75, 3.05) is 49.8 Å². The Morgan fingerprint density at radius 3 is 2.61 bits per heavy atom. The van der Waals surface area contributed by atoms with E-state index in [2.05, 4.69) is 49.5 Å². The van der Waals surface area contributed by atoms with Crippen molar-refractivity contribution in [1.29, 1.82) is 0 Å². The van der Waals surface area contributed by atoms with Gasteiger partial charge in [0, 0.05) is 49.5 Å². The standard InChI is InChI=1S/C29H42N8O/c1-7-23(30)20(3)11-9-10-12-24-22-15-16-31-28(22)35-29(34-24)32-21-13-14-26(37(6)18-17-36(4)5)25(19-21)33-27(38)8-2/h9,11,13-16,19H,7-8,10,12,17-18,30H2,1-6H3,(H,33,38)(H2,31,32,34,35)/b11-9-,23-20+. The number of anilines is 4. The first-order chi connectivity index (χ1) is 18.2. The predicted molar refractivity (Wildman–Crippen MR) is 159 cm³/mol. The van der Waals surface area contributed by atoms with Gasteiger partial charge in [0.15, 0.2) is 0 Å². The Bertz CT molecular complexity index is 1290. The van der Waals surface area contributed by atoms with Gasteiger partial charge in [-0.15, -0.1) is 0 Å². The third-order valence-electron chi connectivity index (χ3n) is 6.44. The van der Waals surface area contributed by atoms with Crippen LogP contribution in [0.1, 0.15) is 45.7 Å². The van der Waals surface area contributed by atoms with E-state index in [0.717, 1.165) is 77.4 Å². The van der Waals surface area contributed by atoms with E-state index < -0.39 is 0 Å². The van der Waals surface area contributed by atoms with Crippen LogP contribution in [0.25, 0.3) is 11.0 Å². The highest BCUT2D eigenvalue weighted by Gasteiger charge is 2.13. The molecule has 3 aromatic rings. The summed E-state index contributed by atoms with van der Waals surface area (Å²) in [4.78, 5) is 29.3. The number of carbonyl (C=O) groups is 1. The van der Waals surface area contributed by atoms with Gasteiger partial charge >= 0.3 is 0 Å². The van der Waals surface area contributed by atoms with Crippen molar-refractivity contribution in [3.63, 3.8) is 0 Å². The lowest BCUT2D eigenvalue weighted by molar-refractivity contribution is -0.115. The first-order valence-electron chi connectivity index (χ1n) is 13.2. The lowest BCUT2D eigenvalue weighted by Gasteiger charge is -2.25. The zero-order valence-corrected chi connectivity index (χ0v) is 23.6. The number of allylic oxidation sites excluding steroid dienone is 4. The van der Waals surface area contributed by atoms with Crippen LogP contribution >= 0.6 is 0 Å². The van der Waals surface area contributed by atoms with Crippen LogP contribution in [0.2, 0.25) is 0 Å². The zero-order valence-electron chi connectivity index (χ0n) is 23.6. The van der Waals surface area contributed by atoms with Crippen LogP contribution in [-0.4, -0.2) is 60.0 Å². The number of likely N-dealkylation sites (N-methyl/N-ethyl adjacent to an activating group) is 2. The van der Waals surface area contributed by atoms with Crippen LogP contribution in [0.3, 0.4) is 0 Å². The number of hydrogen-bond donors (Lipinski definition) is 4. The number of rotatable bonds is 13. The van der Waals surface area contributed by atoms with Gasteiger partial charge in [-0.2, -0.15) is 4.98 Å². The van der Waals surface area contributed by atoms with E-state index >= 15 is 0 Å². The number of nitrogens with one attached hydrogen (secondary N) is 3. The number of H-pyrrole nitrogens is 1. The Morgan fingerprint density at radius 2 is 1.89 bits per heavy atom. The Hall–Kier alpha value is -3.85. The summed E-state index contributed by atoms with van der Waals surface area (Å²) in [5.74, 6) is 0.473. The number of aromatic nitrogens is 3. The monoisotopic (exact) mass is 518 g/mol. The maximum Gasteiger partial charge on any atom is 0.229 e. The summed E-state index contributed by atoms with van der Waals surface area (Å²) in [6.45, 7) is 7.68. The molecule has 0 saturated carbocycles. The van der Waals surface area contributed by atoms with Gasteiger partial charge in [-0.25, -0.2) is 4.98 Å². The third kappa shape index (κ3) is 7.82. The smallest absolute Gasteiger partial charge is 0.229 e. The number of nitrogens with two attached hydrogens (primary N) is 1. The molecule has 2 heterocycles. The molecule has 2 aromatic heterocycles. The summed E-state index contributed by atoms with van der Waals surface area (Å²) in [6.07, 6.45) is 8.97. The average molecular weight is 519 g/mol. The lowest BCUT2D eigenvalue weighted by atomic mass is 10.1. The largest absolute Gasteiger partial charge is 0.402 e. The van der Waals surface area contributed by atoms with Crippen LogP contribution in [0, 0.1) is 0 Å².